The number of allylic oxidation sites excluding steroid dienone is 1. The Morgan fingerprint density at radius 1 is 0.551 bits per heavy atom. The lowest BCUT2D eigenvalue weighted by Crippen LogP contribution is -2.60. The molecule has 9 aromatic rings. The predicted molar refractivity (Wildman–Crippen MR) is 389 cm³/mol. The average Bonchev–Trinajstić information content (AvgIpc) is 1.71. The molecule has 0 saturated heterocycles. The molecule has 0 fully saturated rings. The molecule has 12 nitrogen and oxygen atoms in total. The Labute approximate surface area is 577 Å². The van der Waals surface area contributed by atoms with Gasteiger partial charge in [-0.25, -0.2) is 4.90 Å². The van der Waals surface area contributed by atoms with Gasteiger partial charge in [-0.2, -0.15) is 0 Å². The van der Waals surface area contributed by atoms with Crippen molar-refractivity contribution in [3.05, 3.63) is 289 Å². The predicted octanol–water partition coefficient (Wildman–Crippen LogP) is 19.3. The van der Waals surface area contributed by atoms with Crippen molar-refractivity contribution in [2.75, 3.05) is 11.9 Å². The number of carbonyl (C=O) groups is 5. The number of rotatable bonds is 24. The molecular formula is C86H89N3O9. The third-order valence-corrected chi connectivity index (χ3v) is 21.2. The monoisotopic (exact) mass is 1310 g/mol. The van der Waals surface area contributed by atoms with Crippen LogP contribution in [0.25, 0.3) is 0 Å². The van der Waals surface area contributed by atoms with Crippen molar-refractivity contribution in [3.8, 4) is 34.5 Å². The Hall–Kier alpha value is -10.2. The van der Waals surface area contributed by atoms with Crippen molar-refractivity contribution in [3.63, 3.8) is 0 Å². The summed E-state index contributed by atoms with van der Waals surface area (Å²) in [5, 5.41) is 10.8. The van der Waals surface area contributed by atoms with Gasteiger partial charge in [0.25, 0.3) is 29.5 Å². The van der Waals surface area contributed by atoms with Crippen LogP contribution in [0.2, 0.25) is 0 Å². The summed E-state index contributed by atoms with van der Waals surface area (Å²) in [6, 6.07) is 57.6. The number of anilines is 1. The van der Waals surface area contributed by atoms with Crippen molar-refractivity contribution in [2.45, 2.75) is 157 Å². The van der Waals surface area contributed by atoms with Gasteiger partial charge in [-0.05, 0) is 227 Å². The number of amides is 5. The van der Waals surface area contributed by atoms with E-state index in [9.17, 15) is 24.3 Å². The number of fused-ring (bicyclic) bond motifs is 2. The van der Waals surface area contributed by atoms with Gasteiger partial charge >= 0.3 is 0 Å². The fraction of sp³-hybridized carbons (Fsp3) is 0.291. The number of aliphatic hydroxyl groups is 1. The third kappa shape index (κ3) is 12.9. The summed E-state index contributed by atoms with van der Waals surface area (Å²) in [4.78, 5) is 76.2. The van der Waals surface area contributed by atoms with Crippen LogP contribution in [0.4, 0.5) is 5.69 Å². The van der Waals surface area contributed by atoms with Gasteiger partial charge in [0.1, 0.15) is 34.5 Å². The van der Waals surface area contributed by atoms with Crippen LogP contribution < -0.4 is 19.1 Å². The average molecular weight is 1310 g/mol. The van der Waals surface area contributed by atoms with E-state index in [1.165, 1.54) is 32.1 Å². The van der Waals surface area contributed by atoms with Crippen molar-refractivity contribution >= 4 is 35.2 Å². The number of carbonyl (C=O) groups excluding carboxylic acids is 5. The number of imide groups is 2. The number of hydrogen-bond acceptors (Lipinski definition) is 9. The van der Waals surface area contributed by atoms with Gasteiger partial charge in [-0.3, -0.25) is 28.9 Å². The quantitative estimate of drug-likeness (QED) is 0.0462. The first kappa shape index (κ1) is 69.2. The lowest BCUT2D eigenvalue weighted by atomic mass is 9.61. The Kier molecular flexibility index (Phi) is 19.3. The highest BCUT2D eigenvalue weighted by molar-refractivity contribution is 6.35. The first-order valence-electron chi connectivity index (χ1n) is 33.9. The summed E-state index contributed by atoms with van der Waals surface area (Å²) >= 11 is 0. The van der Waals surface area contributed by atoms with Gasteiger partial charge < -0.3 is 24.2 Å². The highest BCUT2D eigenvalue weighted by Crippen LogP contribution is 2.51. The first-order chi connectivity index (χ1) is 46.6. The largest absolute Gasteiger partial charge is 0.457 e. The second kappa shape index (κ2) is 27.4. The van der Waals surface area contributed by atoms with Crippen LogP contribution in [-0.2, 0) is 29.3 Å². The van der Waals surface area contributed by atoms with Gasteiger partial charge in [0.15, 0.2) is 0 Å². The van der Waals surface area contributed by atoms with E-state index in [4.69, 9.17) is 14.2 Å². The lowest BCUT2D eigenvalue weighted by molar-refractivity contribution is 0.0333. The fourth-order valence-corrected chi connectivity index (χ4v) is 14.9. The molecule has 0 bridgehead atoms. The molecule has 0 aromatic heterocycles. The maximum Gasteiger partial charge on any atom is 0.266 e. The molecule has 5 amide bonds. The minimum atomic E-state index is -0.897. The lowest BCUT2D eigenvalue weighted by Gasteiger charge is -2.53. The number of aryl methyl sites for hydroxylation is 5. The normalized spacial score (nSPS) is 14.6. The van der Waals surface area contributed by atoms with Crippen LogP contribution in [-0.4, -0.2) is 63.1 Å². The van der Waals surface area contributed by atoms with Crippen molar-refractivity contribution in [1.29, 1.82) is 0 Å². The second-order valence-corrected chi connectivity index (χ2v) is 28.2. The molecule has 3 unspecified atom stereocenters. The Morgan fingerprint density at radius 2 is 1.01 bits per heavy atom. The molecule has 502 valence electrons. The summed E-state index contributed by atoms with van der Waals surface area (Å²) in [6.07, 6.45) is 5.24. The van der Waals surface area contributed by atoms with Crippen LogP contribution in [0.15, 0.2) is 195 Å². The fourth-order valence-electron chi connectivity index (χ4n) is 14.9. The minimum absolute atomic E-state index is 0.222. The zero-order chi connectivity index (χ0) is 70.3. The highest BCUT2D eigenvalue weighted by atomic mass is 16.5. The minimum Gasteiger partial charge on any atom is -0.457 e. The van der Waals surface area contributed by atoms with Crippen molar-refractivity contribution in [2.24, 2.45) is 0 Å². The molecule has 98 heavy (non-hydrogen) atoms. The maximum absolute atomic E-state index is 15.1. The molecule has 0 saturated carbocycles. The Morgan fingerprint density at radius 3 is 1.51 bits per heavy atom. The summed E-state index contributed by atoms with van der Waals surface area (Å²) in [6.45, 7) is 30.7. The van der Waals surface area contributed by atoms with E-state index < -0.39 is 34.8 Å². The molecule has 0 spiro atoms. The molecule has 3 atom stereocenters. The van der Waals surface area contributed by atoms with Crippen LogP contribution in [0.3, 0.4) is 0 Å². The van der Waals surface area contributed by atoms with Gasteiger partial charge in [0.2, 0.25) is 0 Å². The Bertz CT molecular complexity index is 4590. The molecule has 2 aliphatic heterocycles. The van der Waals surface area contributed by atoms with E-state index in [0.29, 0.717) is 81.7 Å². The van der Waals surface area contributed by atoms with Crippen LogP contribution in [0, 0.1) is 34.6 Å². The summed E-state index contributed by atoms with van der Waals surface area (Å²) in [5.74, 6) is 1.30. The van der Waals surface area contributed by atoms with E-state index in [-0.39, 0.29) is 40.3 Å². The number of ether oxygens (including phenoxy) is 3. The van der Waals surface area contributed by atoms with Gasteiger partial charge in [0.05, 0.1) is 34.5 Å². The summed E-state index contributed by atoms with van der Waals surface area (Å²) < 4.78 is 19.0. The number of hydrogen-bond donors (Lipinski definition) is 1. The zero-order valence-corrected chi connectivity index (χ0v) is 59.0. The van der Waals surface area contributed by atoms with E-state index in [0.717, 1.165) is 51.8 Å². The number of likely N-dealkylation sites (N-methyl/N-ethyl adjacent to an activating group) is 1. The van der Waals surface area contributed by atoms with E-state index in [1.54, 1.807) is 66.5 Å². The molecule has 9 aromatic carbocycles. The smallest absolute Gasteiger partial charge is 0.266 e. The summed E-state index contributed by atoms with van der Waals surface area (Å²) in [7, 11) is 1.80. The van der Waals surface area contributed by atoms with Crippen LogP contribution in [0.5, 0.6) is 34.5 Å². The van der Waals surface area contributed by atoms with Crippen LogP contribution >= 0.6 is 0 Å². The molecule has 12 heteroatoms. The molecule has 0 radical (unpaired) electrons. The van der Waals surface area contributed by atoms with Crippen LogP contribution in [0.1, 0.15) is 200 Å². The van der Waals surface area contributed by atoms with E-state index in [2.05, 4.69) is 130 Å². The number of nitrogens with zero attached hydrogens (tertiary/aromatic N) is 3. The molecule has 1 N–H and O–H groups in total. The highest BCUT2D eigenvalue weighted by Gasteiger charge is 2.51. The van der Waals surface area contributed by atoms with E-state index >= 15 is 4.79 Å². The number of benzene rings is 9. The Balaban J connectivity index is 0.755. The molecule has 2 heterocycles. The standard InChI is InChI=1S/C86H89N3O9/c1-16-46-85(13,86(14,17-2)87(15)78(91)71-43-40-68(49-60(71)52-90)96-65-34-28-62(29-35-65)83(9,10)61-26-24-53(3)25-27-61)76-55(5)48-56(6)77(58(76)8)89-80(93)73-45-42-70(51-75(73)82(89)95)98-67-38-32-64(33-39-67)84(11,12)63-30-36-66(37-31-63)97-69-41-44-72-74(50-69)81(94)88(79(72)92)57(7)21-19-23-59-22-18-20-54(4)47-59/h16,18,20,22,24-45,47-51,57,90H,1,17,19,21,23,46,52H2,2-15H3. The molecular weight excluding hydrogens is 1220 g/mol. The first-order valence-corrected chi connectivity index (χ1v) is 33.9. The number of aliphatic hydroxyl groups excluding tert-OH is 1. The zero-order valence-electron chi connectivity index (χ0n) is 59.0. The summed E-state index contributed by atoms with van der Waals surface area (Å²) in [5.41, 5.74) is 11.4. The van der Waals surface area contributed by atoms with Crippen molar-refractivity contribution < 1.29 is 43.3 Å². The third-order valence-electron chi connectivity index (χ3n) is 21.2. The molecule has 2 aliphatic rings. The van der Waals surface area contributed by atoms with Gasteiger partial charge in [0, 0.05) is 40.4 Å². The van der Waals surface area contributed by atoms with E-state index in [1.807, 2.05) is 101 Å². The molecule has 11 rings (SSSR count). The van der Waals surface area contributed by atoms with Gasteiger partial charge in [-0.1, -0.05) is 150 Å². The SMILES string of the molecule is C=CCC(C)(c1c(C)cc(C)c(N2C(=O)c3ccc(Oc4ccc(C(C)(C)c5ccc(Oc6ccc7c(c6)C(=O)N(C(C)CCCc6cccc(C)c6)C7=O)cc5)cc4)cc3C2=O)c1C)C(C)(CC)N(C)C(=O)c1ccc(Oc2ccc(C(C)(C)c3ccc(C)cc3)cc2)cc1CO. The van der Waals surface area contributed by atoms with Crippen molar-refractivity contribution in [1.82, 2.24) is 9.80 Å². The second-order valence-electron chi connectivity index (χ2n) is 28.2. The molecule has 0 aliphatic carbocycles. The maximum atomic E-state index is 15.1. The topological polar surface area (TPSA) is 143 Å². The van der Waals surface area contributed by atoms with Gasteiger partial charge in [-0.15, -0.1) is 6.58 Å².